The van der Waals surface area contributed by atoms with Gasteiger partial charge in [-0.15, -0.1) is 0 Å². The van der Waals surface area contributed by atoms with Crippen LogP contribution in [0.1, 0.15) is 51.3 Å². The van der Waals surface area contributed by atoms with Gasteiger partial charge in [0.2, 0.25) is 5.95 Å². The highest BCUT2D eigenvalue weighted by Crippen LogP contribution is 2.37. The van der Waals surface area contributed by atoms with Crippen LogP contribution in [0.5, 0.6) is 0 Å². The number of aromatic nitrogens is 2. The standard InChI is InChI=1S/C17H28N4/c1-17(2,3)13-6-7-15-12(9-13)11-19-16(20-15)21-8-4-5-14(21)10-18/h11,13-14H,4-10,18H2,1-3H3. The maximum Gasteiger partial charge on any atom is 0.225 e. The van der Waals surface area contributed by atoms with Crippen LogP contribution in [0, 0.1) is 11.3 Å². The minimum absolute atomic E-state index is 0.371. The number of hydrogen-bond donors (Lipinski definition) is 1. The second-order valence-corrected chi connectivity index (χ2v) is 7.67. The molecule has 116 valence electrons. The second kappa shape index (κ2) is 5.56. The average Bonchev–Trinajstić information content (AvgIpc) is 2.93. The van der Waals surface area contributed by atoms with Crippen molar-refractivity contribution in [3.63, 3.8) is 0 Å². The van der Waals surface area contributed by atoms with Gasteiger partial charge in [-0.3, -0.25) is 0 Å². The van der Waals surface area contributed by atoms with Crippen LogP contribution in [0.25, 0.3) is 0 Å². The third-order valence-corrected chi connectivity index (χ3v) is 5.27. The zero-order valence-electron chi connectivity index (χ0n) is 13.6. The smallest absolute Gasteiger partial charge is 0.225 e. The first-order valence-electron chi connectivity index (χ1n) is 8.30. The van der Waals surface area contributed by atoms with E-state index in [-0.39, 0.29) is 0 Å². The lowest BCUT2D eigenvalue weighted by molar-refractivity contribution is 0.214. The van der Waals surface area contributed by atoms with Gasteiger partial charge >= 0.3 is 0 Å². The van der Waals surface area contributed by atoms with Crippen molar-refractivity contribution < 1.29 is 0 Å². The van der Waals surface area contributed by atoms with Gasteiger partial charge in [0.15, 0.2) is 0 Å². The minimum atomic E-state index is 0.371. The van der Waals surface area contributed by atoms with Crippen molar-refractivity contribution in [2.45, 2.75) is 58.9 Å². The van der Waals surface area contributed by atoms with Gasteiger partial charge in [0, 0.05) is 31.0 Å². The van der Waals surface area contributed by atoms with Crippen molar-refractivity contribution in [2.75, 3.05) is 18.0 Å². The molecule has 2 aliphatic rings. The maximum atomic E-state index is 5.87. The van der Waals surface area contributed by atoms with Gasteiger partial charge in [-0.25, -0.2) is 9.97 Å². The summed E-state index contributed by atoms with van der Waals surface area (Å²) >= 11 is 0. The van der Waals surface area contributed by atoms with E-state index in [0.717, 1.165) is 31.3 Å². The van der Waals surface area contributed by atoms with E-state index in [1.807, 2.05) is 0 Å². The molecule has 1 saturated heterocycles. The quantitative estimate of drug-likeness (QED) is 0.908. The zero-order valence-corrected chi connectivity index (χ0v) is 13.6. The Hall–Kier alpha value is -1.16. The van der Waals surface area contributed by atoms with E-state index in [1.165, 1.54) is 30.5 Å². The number of fused-ring (bicyclic) bond motifs is 1. The SMILES string of the molecule is CC(C)(C)C1CCc2nc(N3CCCC3CN)ncc2C1. The number of rotatable bonds is 2. The van der Waals surface area contributed by atoms with Crippen molar-refractivity contribution in [2.24, 2.45) is 17.1 Å². The largest absolute Gasteiger partial charge is 0.337 e. The molecule has 4 nitrogen and oxygen atoms in total. The molecule has 2 atom stereocenters. The summed E-state index contributed by atoms with van der Waals surface area (Å²) < 4.78 is 0. The first-order chi connectivity index (χ1) is 9.99. The van der Waals surface area contributed by atoms with Gasteiger partial charge in [0.25, 0.3) is 0 Å². The molecule has 0 saturated carbocycles. The van der Waals surface area contributed by atoms with Crippen LogP contribution in [0.3, 0.4) is 0 Å². The molecule has 0 bridgehead atoms. The number of nitrogens with zero attached hydrogens (tertiary/aromatic N) is 3. The van der Waals surface area contributed by atoms with E-state index in [1.54, 1.807) is 0 Å². The number of hydrogen-bond acceptors (Lipinski definition) is 4. The molecule has 2 unspecified atom stereocenters. The van der Waals surface area contributed by atoms with Gasteiger partial charge in [-0.05, 0) is 49.0 Å². The first kappa shape index (κ1) is 14.8. The molecule has 0 aromatic carbocycles. The Morgan fingerprint density at radius 1 is 1.33 bits per heavy atom. The summed E-state index contributed by atoms with van der Waals surface area (Å²) in [5.74, 6) is 1.64. The van der Waals surface area contributed by atoms with E-state index in [0.29, 0.717) is 18.0 Å². The second-order valence-electron chi connectivity index (χ2n) is 7.67. The molecule has 3 rings (SSSR count). The minimum Gasteiger partial charge on any atom is -0.337 e. The van der Waals surface area contributed by atoms with Crippen molar-refractivity contribution in [1.82, 2.24) is 9.97 Å². The summed E-state index contributed by atoms with van der Waals surface area (Å²) in [6.07, 6.45) is 7.90. The number of nitrogens with two attached hydrogens (primary N) is 1. The Labute approximate surface area is 128 Å². The predicted octanol–water partition coefficient (Wildman–Crippen LogP) is 2.56. The maximum absolute atomic E-state index is 5.87. The van der Waals surface area contributed by atoms with Crippen molar-refractivity contribution >= 4 is 5.95 Å². The zero-order chi connectivity index (χ0) is 15.0. The Morgan fingerprint density at radius 2 is 2.14 bits per heavy atom. The molecule has 0 spiro atoms. The van der Waals surface area contributed by atoms with E-state index >= 15 is 0 Å². The highest BCUT2D eigenvalue weighted by atomic mass is 15.3. The Kier molecular flexibility index (Phi) is 3.91. The summed E-state index contributed by atoms with van der Waals surface area (Å²) in [5.41, 5.74) is 8.86. The molecule has 0 radical (unpaired) electrons. The lowest BCUT2D eigenvalue weighted by atomic mass is 9.72. The number of anilines is 1. The highest BCUT2D eigenvalue weighted by molar-refractivity contribution is 5.37. The summed E-state index contributed by atoms with van der Waals surface area (Å²) in [4.78, 5) is 11.8. The van der Waals surface area contributed by atoms with Crippen LogP contribution < -0.4 is 10.6 Å². The van der Waals surface area contributed by atoms with E-state index in [2.05, 4.69) is 36.9 Å². The van der Waals surface area contributed by atoms with Crippen LogP contribution in [0.4, 0.5) is 5.95 Å². The van der Waals surface area contributed by atoms with Crippen LogP contribution in [-0.4, -0.2) is 29.1 Å². The summed E-state index contributed by atoms with van der Waals surface area (Å²) in [6.45, 7) is 8.77. The van der Waals surface area contributed by atoms with Gasteiger partial charge in [-0.2, -0.15) is 0 Å². The molecule has 1 aliphatic carbocycles. The fourth-order valence-corrected chi connectivity index (χ4v) is 3.72. The van der Waals surface area contributed by atoms with Gasteiger partial charge < -0.3 is 10.6 Å². The molecule has 4 heteroatoms. The van der Waals surface area contributed by atoms with E-state index in [9.17, 15) is 0 Å². The Bertz CT molecular complexity index is 506. The molecule has 1 fully saturated rings. The van der Waals surface area contributed by atoms with Gasteiger partial charge in [0.05, 0.1) is 0 Å². The summed E-state index contributed by atoms with van der Waals surface area (Å²) in [6, 6.07) is 0.425. The molecule has 1 aromatic rings. The van der Waals surface area contributed by atoms with Crippen LogP contribution in [0.2, 0.25) is 0 Å². The molecule has 0 amide bonds. The van der Waals surface area contributed by atoms with E-state index < -0.39 is 0 Å². The number of aryl methyl sites for hydroxylation is 1. The Morgan fingerprint density at radius 3 is 2.86 bits per heavy atom. The van der Waals surface area contributed by atoms with E-state index in [4.69, 9.17) is 10.7 Å². The summed E-state index contributed by atoms with van der Waals surface area (Å²) in [7, 11) is 0. The highest BCUT2D eigenvalue weighted by Gasteiger charge is 2.31. The summed E-state index contributed by atoms with van der Waals surface area (Å²) in [5, 5.41) is 0. The molecule has 2 N–H and O–H groups in total. The average molecular weight is 288 g/mol. The van der Waals surface area contributed by atoms with Crippen LogP contribution in [-0.2, 0) is 12.8 Å². The molecule has 2 heterocycles. The molecular formula is C17H28N4. The molecule has 1 aliphatic heterocycles. The van der Waals surface area contributed by atoms with Gasteiger partial charge in [0.1, 0.15) is 0 Å². The Balaban J connectivity index is 1.81. The lowest BCUT2D eigenvalue weighted by Gasteiger charge is -2.34. The fourth-order valence-electron chi connectivity index (χ4n) is 3.72. The normalized spacial score (nSPS) is 26.0. The third-order valence-electron chi connectivity index (χ3n) is 5.27. The monoisotopic (exact) mass is 288 g/mol. The van der Waals surface area contributed by atoms with Gasteiger partial charge in [-0.1, -0.05) is 20.8 Å². The molecular weight excluding hydrogens is 260 g/mol. The molecule has 21 heavy (non-hydrogen) atoms. The van der Waals surface area contributed by atoms with Crippen molar-refractivity contribution in [3.8, 4) is 0 Å². The van der Waals surface area contributed by atoms with Crippen molar-refractivity contribution in [1.29, 1.82) is 0 Å². The third kappa shape index (κ3) is 2.91. The molecule has 1 aromatic heterocycles. The fraction of sp³-hybridized carbons (Fsp3) is 0.765. The lowest BCUT2D eigenvalue weighted by Crippen LogP contribution is -2.37. The first-order valence-corrected chi connectivity index (χ1v) is 8.30. The van der Waals surface area contributed by atoms with Crippen LogP contribution in [0.15, 0.2) is 6.20 Å². The van der Waals surface area contributed by atoms with Crippen LogP contribution >= 0.6 is 0 Å². The van der Waals surface area contributed by atoms with Crippen molar-refractivity contribution in [3.05, 3.63) is 17.5 Å². The topological polar surface area (TPSA) is 55.0 Å². The predicted molar refractivity (Wildman–Crippen MR) is 86.4 cm³/mol.